The summed E-state index contributed by atoms with van der Waals surface area (Å²) in [5.74, 6) is -7.49. The zero-order chi connectivity index (χ0) is 92.2. The van der Waals surface area contributed by atoms with E-state index in [2.05, 4.69) is 42.9 Å². The van der Waals surface area contributed by atoms with Gasteiger partial charge in [0.15, 0.2) is 35.4 Å². The standard InChI is InChI=1S/C89H127F2N11O26/c1-7-14-74-127-70-45-59-60-44-62(90)61-43-57(104)27-29-86(61,5)88(60,91)68(106)46-87(59,6)89(70,128-74)69(107)49-123-58-25-23-56(24-26-58)96-85(118)125-48-53-19-21-55(22-20-53)95-80(114)54(15-13-31-94-84(92)117)42-65(105)75(51(2)3)98-81(115)63(97-71(108)28-33-119-35-37-121-39-40-122-38-36-120-34-32-101-73(110)41-52(4)82(101)116)16-11-12-30-93-72(109)50-124-66-18-10-8-9-17-64-76(66)99-100-102(64)83-79(113)78(112)77(111)67(47-103)126-83/h19-27,29,43,51-52,54,59-60,62-63,66-68,70,74-75,77-79,83,99-100,103,106,111-113H,7-18,28,30-42,44-50H2,1-6H3,(H,93,109)(H,95,114)(H,96,118)(H,97,108)(H,98,115)(H3,92,94,117)/t52?,54-,59+,60+,62+,63-,66?,67-,68+,70-,74?,75+,77+,78+,79-,83-,86+,87+,88+,89-/m1/s1. The highest BCUT2D eigenvalue weighted by Gasteiger charge is 2.80. The van der Waals surface area contributed by atoms with Crippen molar-refractivity contribution in [3.8, 4) is 5.75 Å². The zero-order valence-corrected chi connectivity index (χ0v) is 73.5. The molecule has 0 aromatic heterocycles. The molecular weight excluding hydrogens is 1680 g/mol. The second kappa shape index (κ2) is 45.7. The monoisotopic (exact) mass is 1800 g/mol. The predicted octanol–water partition coefficient (Wildman–Crippen LogP) is 4.00. The lowest BCUT2D eigenvalue weighted by atomic mass is 9.44. The van der Waals surface area contributed by atoms with Crippen molar-refractivity contribution in [1.82, 2.24) is 42.1 Å². The van der Waals surface area contributed by atoms with Crippen LogP contribution < -0.4 is 53.3 Å². The van der Waals surface area contributed by atoms with Gasteiger partial charge in [-0.15, -0.1) is 5.53 Å². The zero-order valence-electron chi connectivity index (χ0n) is 73.5. The molecule has 2 aromatic rings. The largest absolute Gasteiger partial charge is 0.486 e. The van der Waals surface area contributed by atoms with Crippen LogP contribution in [0.4, 0.5) is 29.7 Å². The molecule has 0 spiro atoms. The minimum atomic E-state index is -2.38. The third-order valence-corrected chi connectivity index (χ3v) is 26.1. The molecule has 37 nitrogen and oxygen atoms in total. The number of hydrazine groups is 2. The number of benzene rings is 2. The summed E-state index contributed by atoms with van der Waals surface area (Å²) in [6, 6.07) is 9.32. The van der Waals surface area contributed by atoms with Crippen LogP contribution in [0.1, 0.15) is 163 Å². The Morgan fingerprint density at radius 2 is 1.45 bits per heavy atom. The van der Waals surface area contributed by atoms with Crippen molar-refractivity contribution in [2.45, 2.75) is 248 Å². The fourth-order valence-corrected chi connectivity index (χ4v) is 19.3. The first-order chi connectivity index (χ1) is 61.2. The van der Waals surface area contributed by atoms with Crippen molar-refractivity contribution in [3.05, 3.63) is 89.3 Å². The number of nitrogens with two attached hydrogens (primary N) is 1. The van der Waals surface area contributed by atoms with E-state index in [9.17, 15) is 78.3 Å². The van der Waals surface area contributed by atoms with Gasteiger partial charge in [0.25, 0.3) is 0 Å². The van der Waals surface area contributed by atoms with Crippen molar-refractivity contribution in [1.29, 1.82) is 0 Å². The number of primary amides is 1. The molecule has 4 heterocycles. The van der Waals surface area contributed by atoms with Crippen LogP contribution in [0.25, 0.3) is 0 Å². The van der Waals surface area contributed by atoms with Crippen LogP contribution in [0.3, 0.4) is 0 Å². The van der Waals surface area contributed by atoms with E-state index in [1.54, 1.807) is 52.0 Å². The first-order valence-corrected chi connectivity index (χ1v) is 44.7. The van der Waals surface area contributed by atoms with Crippen LogP contribution in [-0.2, 0) is 92.4 Å². The van der Waals surface area contributed by atoms with Gasteiger partial charge in [-0.25, -0.2) is 18.4 Å². The highest BCUT2D eigenvalue weighted by Crippen LogP contribution is 2.72. The average Bonchev–Trinajstić information content (AvgIpc) is 1.50. The van der Waals surface area contributed by atoms with Gasteiger partial charge in [-0.2, -0.15) is 0 Å². The molecule has 0 bridgehead atoms. The summed E-state index contributed by atoms with van der Waals surface area (Å²) in [4.78, 5) is 148. The van der Waals surface area contributed by atoms with Crippen molar-refractivity contribution in [2.75, 3.05) is 103 Å². The molecule has 3 saturated heterocycles. The van der Waals surface area contributed by atoms with E-state index < -0.39 is 186 Å². The van der Waals surface area contributed by atoms with Crippen molar-refractivity contribution in [2.24, 2.45) is 46.2 Å². The van der Waals surface area contributed by atoms with Crippen LogP contribution in [0, 0.1) is 40.4 Å². The number of halogens is 2. The molecule has 20 atom stereocenters. The molecule has 128 heavy (non-hydrogen) atoms. The van der Waals surface area contributed by atoms with Crippen molar-refractivity contribution >= 4 is 76.3 Å². The van der Waals surface area contributed by atoms with E-state index in [1.807, 2.05) is 6.92 Å². The van der Waals surface area contributed by atoms with Crippen LogP contribution in [0.5, 0.6) is 5.75 Å². The Balaban J connectivity index is 0.650. The quantitative estimate of drug-likeness (QED) is 0.0329. The van der Waals surface area contributed by atoms with Gasteiger partial charge in [0.05, 0.1) is 95.7 Å². The second-order valence-electron chi connectivity index (χ2n) is 35.2. The van der Waals surface area contributed by atoms with Gasteiger partial charge in [0.1, 0.15) is 68.3 Å². The summed E-state index contributed by atoms with van der Waals surface area (Å²) in [7, 11) is 0. The van der Waals surface area contributed by atoms with Crippen molar-refractivity contribution < 1.29 is 134 Å². The summed E-state index contributed by atoms with van der Waals surface area (Å²) in [6.07, 6.45) is -5.00. The lowest BCUT2D eigenvalue weighted by molar-refractivity contribution is -0.266. The molecule has 6 fully saturated rings. The Kier molecular flexibility index (Phi) is 35.5. The summed E-state index contributed by atoms with van der Waals surface area (Å²) in [6.45, 7) is 10.5. The van der Waals surface area contributed by atoms with E-state index in [1.165, 1.54) is 53.3 Å². The number of urea groups is 1. The summed E-state index contributed by atoms with van der Waals surface area (Å²) in [5.41, 5.74) is 6.85. The van der Waals surface area contributed by atoms with Crippen LogP contribution >= 0.6 is 0 Å². The van der Waals surface area contributed by atoms with Gasteiger partial charge in [0.2, 0.25) is 41.2 Å². The predicted molar refractivity (Wildman–Crippen MR) is 453 cm³/mol. The maximum atomic E-state index is 18.1. The smallest absolute Gasteiger partial charge is 0.411 e. The number of allylic oxidation sites excluding steroid dienone is 5. The number of likely N-dealkylation sites (tertiary alicyclic amines) is 1. The van der Waals surface area contributed by atoms with Gasteiger partial charge < -0.3 is 111 Å². The number of ketones is 3. The van der Waals surface area contributed by atoms with E-state index in [-0.39, 0.29) is 179 Å². The molecule has 9 amide bonds. The van der Waals surface area contributed by atoms with Gasteiger partial charge in [-0.3, -0.25) is 58.4 Å². The fraction of sp³-hybridized carbons (Fsp3) is 0.674. The lowest BCUT2D eigenvalue weighted by Crippen LogP contribution is -2.71. The normalized spacial score (nSPS) is 29.5. The maximum absolute atomic E-state index is 18.1. The number of nitrogens with zero attached hydrogens (tertiary/aromatic N) is 2. The average molecular weight is 1810 g/mol. The third kappa shape index (κ3) is 23.6. The number of aliphatic hydroxyl groups is 5. The number of anilines is 2. The molecule has 4 aliphatic heterocycles. The number of unbranched alkanes of at least 4 members (excludes halogenated alkanes) is 1. The number of alkyl halides is 2. The Hall–Kier alpha value is -9.07. The van der Waals surface area contributed by atoms with E-state index in [0.717, 1.165) is 25.3 Å². The van der Waals surface area contributed by atoms with Crippen LogP contribution in [0.2, 0.25) is 0 Å². The van der Waals surface area contributed by atoms with Crippen LogP contribution in [-0.4, -0.2) is 277 Å². The molecule has 5 aliphatic carbocycles. The number of carbonyl (C=O) groups excluding carboxylic acids is 11. The van der Waals surface area contributed by atoms with Gasteiger partial charge in [-0.05, 0) is 155 Å². The first kappa shape index (κ1) is 99.5. The van der Waals surface area contributed by atoms with E-state index >= 15 is 8.78 Å². The summed E-state index contributed by atoms with van der Waals surface area (Å²) in [5, 5.41) is 71.7. The molecule has 708 valence electrons. The number of Topliss-reactive ketones (excluding diaryl/α,β-unsaturated/α-hetero) is 2. The third-order valence-electron chi connectivity index (χ3n) is 26.1. The van der Waals surface area contributed by atoms with Gasteiger partial charge in [0, 0.05) is 72.3 Å². The topological polar surface area (TPSA) is 510 Å². The van der Waals surface area contributed by atoms with Crippen LogP contribution in [0.15, 0.2) is 83.7 Å². The first-order valence-electron chi connectivity index (χ1n) is 44.7. The summed E-state index contributed by atoms with van der Waals surface area (Å²) >= 11 is 0. The highest BCUT2D eigenvalue weighted by atomic mass is 19.1. The number of rotatable bonds is 47. The number of carbonyl (C=O) groups is 11. The molecule has 2 aromatic carbocycles. The number of hydrogen-bond donors (Lipinski definition) is 14. The number of ether oxygens (including phenoxy) is 10. The second-order valence-corrected chi connectivity index (χ2v) is 35.2. The Bertz CT molecular complexity index is 4300. The number of aliphatic hydroxyl groups excluding tert-OH is 5. The minimum Gasteiger partial charge on any atom is -0.486 e. The highest BCUT2D eigenvalue weighted by molar-refractivity contribution is 6.04. The van der Waals surface area contributed by atoms with E-state index in [4.69, 9.17) is 53.1 Å². The molecule has 39 heteroatoms. The lowest BCUT2D eigenvalue weighted by Gasteiger charge is -2.63. The molecule has 3 saturated carbocycles. The molecule has 11 rings (SSSR count). The Labute approximate surface area is 742 Å². The number of imide groups is 1. The molecule has 15 N–H and O–H groups in total. The number of hydrogen-bond acceptors (Lipinski definition) is 29. The molecule has 9 aliphatic rings. The van der Waals surface area contributed by atoms with Gasteiger partial charge >= 0.3 is 12.1 Å². The van der Waals surface area contributed by atoms with Gasteiger partial charge in [-0.1, -0.05) is 72.1 Å². The molecule has 0 radical (unpaired) electrons. The fourth-order valence-electron chi connectivity index (χ4n) is 19.3. The number of amides is 9. The number of fused-ring (bicyclic) bond motifs is 7. The Morgan fingerprint density at radius 1 is 0.758 bits per heavy atom. The minimum absolute atomic E-state index is 0.0103. The summed E-state index contributed by atoms with van der Waals surface area (Å²) < 4.78 is 93.3. The van der Waals surface area contributed by atoms with E-state index in [0.29, 0.717) is 60.4 Å². The van der Waals surface area contributed by atoms with Crippen molar-refractivity contribution in [3.63, 3.8) is 0 Å². The molecular formula is C89H127F2N11O26. The maximum Gasteiger partial charge on any atom is 0.411 e. The Morgan fingerprint density at radius 3 is 2.12 bits per heavy atom. The molecule has 3 unspecified atom stereocenters. The number of nitrogens with one attached hydrogen (secondary N) is 8. The SMILES string of the molecule is CCCC1O[C@@H]2C[C@H]3[C@@H]4C[C@H](F)C5=CC(=O)C=C[C@]5(C)[C@@]4(F)[C@@H](O)C[C@]3(C)[C@]2(C(=O)COc2ccc(NC(=O)OCc3ccc(NC(=O)[C@H](CCCNC(N)=O)CC(=O)[C@@H](NC(=O)[C@@H](CCCCNC(=O)COC4CCCCCC5=C4NNN5[C@@H]4O[C@H](CO)[C@H](O)[C@H](O)[C@H]4O)NC(=O)CCOCCOCCOCCOCCN4C(=O)CC(C)C4=O)C(C)C)cc3)cc2)O1.